The Balaban J connectivity index is 0.00000169. The molecule has 1 unspecified atom stereocenters. The first-order valence-electron chi connectivity index (χ1n) is 4.61. The first-order chi connectivity index (χ1) is 6.22. The zero-order valence-corrected chi connectivity index (χ0v) is 11.6. The lowest BCUT2D eigenvalue weighted by Crippen LogP contribution is -1.91. The molecule has 0 aliphatic heterocycles. The monoisotopic (exact) mass is 276 g/mol. The van der Waals surface area contributed by atoms with Crippen LogP contribution >= 0.6 is 26.4 Å². The number of hydrogen-bond acceptors (Lipinski definition) is 1. The van der Waals surface area contributed by atoms with Crippen molar-refractivity contribution in [3.05, 3.63) is 34.9 Å². The lowest BCUT2D eigenvalue weighted by atomic mass is 10.0. The fraction of sp³-hybridized carbons (Fsp3) is 0.455. The summed E-state index contributed by atoms with van der Waals surface area (Å²) in [5, 5.41) is 0. The summed E-state index contributed by atoms with van der Waals surface area (Å²) in [7, 11) is 2.28. The van der Waals surface area contributed by atoms with Crippen molar-refractivity contribution in [2.75, 3.05) is 6.61 Å². The van der Waals surface area contributed by atoms with Crippen LogP contribution in [0.15, 0.2) is 18.2 Å². The molecule has 0 N–H and O–H groups in total. The van der Waals surface area contributed by atoms with Crippen LogP contribution in [0.3, 0.4) is 0 Å². The Bertz CT molecular complexity index is 256. The molecule has 1 nitrogen and oxygen atoms in total. The molecule has 1 atom stereocenters. The van der Waals surface area contributed by atoms with Gasteiger partial charge < -0.3 is 4.52 Å². The van der Waals surface area contributed by atoms with Crippen LogP contribution in [-0.2, 0) is 10.9 Å². The Hall–Kier alpha value is 0.0900. The van der Waals surface area contributed by atoms with Gasteiger partial charge in [-0.05, 0) is 32.3 Å². The molecule has 3 heteroatoms. The van der Waals surface area contributed by atoms with Crippen LogP contribution in [-0.4, -0.2) is 6.61 Å². The minimum atomic E-state index is 0. The van der Waals surface area contributed by atoms with Crippen LogP contribution in [0.2, 0.25) is 0 Å². The predicted molar refractivity (Wildman–Crippen MR) is 70.2 cm³/mol. The lowest BCUT2D eigenvalue weighted by molar-refractivity contribution is 0.363. The van der Waals surface area contributed by atoms with Gasteiger partial charge in [0, 0.05) is 9.47 Å². The largest absolute Gasteiger partial charge is 0.366 e. The van der Waals surface area contributed by atoms with E-state index < -0.39 is 0 Å². The highest BCUT2D eigenvalue weighted by atomic mass is 79.9. The maximum atomic E-state index is 4.94. The zero-order valence-electron chi connectivity index (χ0n) is 8.75. The minimum Gasteiger partial charge on any atom is -0.366 e. The summed E-state index contributed by atoms with van der Waals surface area (Å²) in [5.74, 6) is 0. The highest BCUT2D eigenvalue weighted by Crippen LogP contribution is 2.10. The molecule has 0 fully saturated rings. The summed E-state index contributed by atoms with van der Waals surface area (Å²) in [5.41, 5.74) is 4.11. The predicted octanol–water partition coefficient (Wildman–Crippen LogP) is 3.62. The van der Waals surface area contributed by atoms with E-state index >= 15 is 0 Å². The van der Waals surface area contributed by atoms with Gasteiger partial charge in [-0.25, -0.2) is 0 Å². The van der Waals surface area contributed by atoms with Crippen molar-refractivity contribution in [1.29, 1.82) is 0 Å². The minimum absolute atomic E-state index is 0. The third-order valence-corrected chi connectivity index (χ3v) is 2.24. The Morgan fingerprint density at radius 2 is 1.71 bits per heavy atom. The third-order valence-electron chi connectivity index (χ3n) is 2.01. The molecule has 80 valence electrons. The average Bonchev–Trinajstić information content (AvgIpc) is 2.03. The van der Waals surface area contributed by atoms with Gasteiger partial charge in [-0.2, -0.15) is 0 Å². The van der Waals surface area contributed by atoms with Crippen molar-refractivity contribution in [3.8, 4) is 0 Å². The summed E-state index contributed by atoms with van der Waals surface area (Å²) in [6.07, 6.45) is 2.20. The van der Waals surface area contributed by atoms with Crippen LogP contribution < -0.4 is 0 Å². The Labute approximate surface area is 99.3 Å². The van der Waals surface area contributed by atoms with Crippen molar-refractivity contribution < 1.29 is 4.52 Å². The van der Waals surface area contributed by atoms with Gasteiger partial charge in [0.25, 0.3) is 0 Å². The molecule has 0 saturated heterocycles. The Morgan fingerprint density at radius 1 is 1.14 bits per heavy atom. The van der Waals surface area contributed by atoms with Crippen LogP contribution in [0.4, 0.5) is 0 Å². The van der Waals surface area contributed by atoms with Crippen LogP contribution in [0.5, 0.6) is 0 Å². The fourth-order valence-electron chi connectivity index (χ4n) is 1.57. The molecule has 0 bridgehead atoms. The number of rotatable bonds is 4. The standard InChI is InChI=1S/C11H17OP.BrH/c1-9-6-10(2)8-11(7-9)4-3-5-12-13;/h6-8H,3-5,13H2,1-2H3;1H. The second-order valence-electron chi connectivity index (χ2n) is 3.47. The maximum absolute atomic E-state index is 4.94. The van der Waals surface area contributed by atoms with Crippen molar-refractivity contribution in [3.63, 3.8) is 0 Å². The quantitative estimate of drug-likeness (QED) is 0.603. The molecule has 0 radical (unpaired) electrons. The zero-order chi connectivity index (χ0) is 9.68. The van der Waals surface area contributed by atoms with E-state index in [0.717, 1.165) is 19.4 Å². The van der Waals surface area contributed by atoms with Crippen LogP contribution in [0, 0.1) is 13.8 Å². The number of aryl methyl sites for hydroxylation is 3. The van der Waals surface area contributed by atoms with Gasteiger partial charge in [0.05, 0.1) is 6.61 Å². The van der Waals surface area contributed by atoms with Gasteiger partial charge in [-0.3, -0.25) is 0 Å². The molecule has 0 heterocycles. The van der Waals surface area contributed by atoms with E-state index in [1.165, 1.54) is 16.7 Å². The molecule has 1 aromatic rings. The highest BCUT2D eigenvalue weighted by Gasteiger charge is 1.95. The van der Waals surface area contributed by atoms with Crippen LogP contribution in [0.25, 0.3) is 0 Å². The van der Waals surface area contributed by atoms with Crippen LogP contribution in [0.1, 0.15) is 23.1 Å². The van der Waals surface area contributed by atoms with Crippen molar-refractivity contribution in [2.24, 2.45) is 0 Å². The van der Waals surface area contributed by atoms with E-state index in [-0.39, 0.29) is 17.0 Å². The number of halogens is 1. The first-order valence-corrected chi connectivity index (χ1v) is 5.08. The van der Waals surface area contributed by atoms with Gasteiger partial charge in [0.1, 0.15) is 0 Å². The molecule has 0 spiro atoms. The van der Waals surface area contributed by atoms with Gasteiger partial charge in [-0.1, -0.05) is 29.3 Å². The summed E-state index contributed by atoms with van der Waals surface area (Å²) >= 11 is 0. The van der Waals surface area contributed by atoms with Crippen molar-refractivity contribution >= 4 is 26.4 Å². The molecular weight excluding hydrogens is 259 g/mol. The molecule has 14 heavy (non-hydrogen) atoms. The van der Waals surface area contributed by atoms with E-state index in [0.29, 0.717) is 0 Å². The van der Waals surface area contributed by atoms with E-state index in [4.69, 9.17) is 4.52 Å². The second kappa shape index (κ2) is 7.39. The SMILES string of the molecule is Br.Cc1cc(C)cc(CCCOP)c1. The Kier molecular flexibility index (Phi) is 7.44. The maximum Gasteiger partial charge on any atom is 0.0505 e. The number of hydrogen-bond donors (Lipinski definition) is 0. The van der Waals surface area contributed by atoms with E-state index in [9.17, 15) is 0 Å². The van der Waals surface area contributed by atoms with Crippen molar-refractivity contribution in [2.45, 2.75) is 26.7 Å². The van der Waals surface area contributed by atoms with Gasteiger partial charge in [0.15, 0.2) is 0 Å². The lowest BCUT2D eigenvalue weighted by Gasteiger charge is -2.04. The molecule has 0 saturated carbocycles. The van der Waals surface area contributed by atoms with E-state index in [1.807, 2.05) is 0 Å². The number of benzene rings is 1. The normalized spacial score (nSPS) is 9.64. The summed E-state index contributed by atoms with van der Waals surface area (Å²) in [6, 6.07) is 6.70. The fourth-order valence-corrected chi connectivity index (χ4v) is 1.74. The van der Waals surface area contributed by atoms with E-state index in [1.54, 1.807) is 0 Å². The summed E-state index contributed by atoms with van der Waals surface area (Å²) in [4.78, 5) is 0. The highest BCUT2D eigenvalue weighted by molar-refractivity contribution is 8.93. The summed E-state index contributed by atoms with van der Waals surface area (Å²) in [6.45, 7) is 5.10. The molecule has 1 rings (SSSR count). The Morgan fingerprint density at radius 3 is 2.21 bits per heavy atom. The van der Waals surface area contributed by atoms with Gasteiger partial charge in [0.2, 0.25) is 0 Å². The molecule has 0 amide bonds. The van der Waals surface area contributed by atoms with Gasteiger partial charge in [-0.15, -0.1) is 17.0 Å². The van der Waals surface area contributed by atoms with E-state index in [2.05, 4.69) is 41.5 Å². The molecule has 0 aliphatic carbocycles. The third kappa shape index (κ3) is 5.09. The topological polar surface area (TPSA) is 9.23 Å². The smallest absolute Gasteiger partial charge is 0.0505 e. The molecular formula is C11H18BrOP. The molecule has 1 aromatic carbocycles. The average molecular weight is 277 g/mol. The first kappa shape index (κ1) is 14.1. The van der Waals surface area contributed by atoms with Crippen molar-refractivity contribution in [1.82, 2.24) is 0 Å². The van der Waals surface area contributed by atoms with Gasteiger partial charge >= 0.3 is 0 Å². The molecule has 0 aromatic heterocycles. The summed E-state index contributed by atoms with van der Waals surface area (Å²) < 4.78 is 4.94. The second-order valence-corrected chi connectivity index (χ2v) is 3.80. The molecule has 0 aliphatic rings.